The fraction of sp³-hybridized carbons (Fsp3) is 0.571. The second-order valence-electron chi connectivity index (χ2n) is 9.18. The van der Waals surface area contributed by atoms with Gasteiger partial charge in [-0.2, -0.15) is 0 Å². The Kier molecular flexibility index (Phi) is 12.0. The number of hydrogen-bond donors (Lipinski definition) is 2. The minimum absolute atomic E-state index is 0.00680. The first-order valence-corrected chi connectivity index (χ1v) is 13.1. The quantitative estimate of drug-likeness (QED) is 0.563. The lowest BCUT2D eigenvalue weighted by Crippen LogP contribution is -2.28. The molecule has 4 rings (SSSR count). The topological polar surface area (TPSA) is 57.3 Å². The molecule has 2 fully saturated rings. The lowest BCUT2D eigenvalue weighted by molar-refractivity contribution is 0.0952. The van der Waals surface area contributed by atoms with Gasteiger partial charge in [0.05, 0.1) is 5.69 Å². The highest BCUT2D eigenvalue weighted by Crippen LogP contribution is 2.17. The zero-order chi connectivity index (χ0) is 23.0. The monoisotopic (exact) mass is 450 g/mol. The van der Waals surface area contributed by atoms with Gasteiger partial charge in [-0.05, 0) is 95.5 Å². The van der Waals surface area contributed by atoms with Crippen LogP contribution in [0.25, 0.3) is 11.3 Å². The third kappa shape index (κ3) is 10.1. The molecule has 1 aromatic carbocycles. The summed E-state index contributed by atoms with van der Waals surface area (Å²) in [7, 11) is 0. The third-order valence-corrected chi connectivity index (χ3v) is 6.45. The van der Waals surface area contributed by atoms with Gasteiger partial charge in [-0.1, -0.05) is 43.9 Å². The molecule has 0 unspecified atom stereocenters. The summed E-state index contributed by atoms with van der Waals surface area (Å²) in [6, 6.07) is 13.5. The summed E-state index contributed by atoms with van der Waals surface area (Å²) in [6.45, 7) is 6.90. The molecule has 0 atom stereocenters. The van der Waals surface area contributed by atoms with E-state index in [4.69, 9.17) is 0 Å². The number of aromatic nitrogens is 1. The molecule has 0 aliphatic carbocycles. The predicted octanol–water partition coefficient (Wildman–Crippen LogP) is 5.28. The summed E-state index contributed by atoms with van der Waals surface area (Å²) < 4.78 is 0. The number of nitrogens with one attached hydrogen (secondary N) is 2. The van der Waals surface area contributed by atoms with Gasteiger partial charge in [0, 0.05) is 23.9 Å². The second-order valence-corrected chi connectivity index (χ2v) is 9.18. The molecule has 1 amide bonds. The van der Waals surface area contributed by atoms with Crippen LogP contribution in [-0.4, -0.2) is 55.1 Å². The largest absolute Gasteiger partial charge is 0.352 e. The summed E-state index contributed by atoms with van der Waals surface area (Å²) in [5, 5.41) is 6.38. The van der Waals surface area contributed by atoms with Crippen molar-refractivity contribution in [2.75, 3.05) is 39.3 Å². The average molecular weight is 451 g/mol. The van der Waals surface area contributed by atoms with Crippen LogP contribution < -0.4 is 10.6 Å². The molecule has 2 aromatic rings. The summed E-state index contributed by atoms with van der Waals surface area (Å²) in [6.07, 6.45) is 15.1. The molecule has 5 nitrogen and oxygen atoms in total. The SMILES string of the molecule is C1CCCNCC1.O=C(NCCCCN1CCCCCC1)c1ccc(-c2ccccn2)cc1. The molecule has 2 aliphatic heterocycles. The molecule has 3 heterocycles. The van der Waals surface area contributed by atoms with Crippen molar-refractivity contribution in [3.63, 3.8) is 0 Å². The number of hydrogen-bond acceptors (Lipinski definition) is 4. The Morgan fingerprint density at radius 1 is 0.848 bits per heavy atom. The maximum Gasteiger partial charge on any atom is 0.251 e. The van der Waals surface area contributed by atoms with E-state index in [-0.39, 0.29) is 5.91 Å². The molecular weight excluding hydrogens is 408 g/mol. The molecule has 2 N–H and O–H groups in total. The summed E-state index contributed by atoms with van der Waals surface area (Å²) in [5.74, 6) is 0.00680. The van der Waals surface area contributed by atoms with Crippen LogP contribution in [0.4, 0.5) is 0 Å². The number of rotatable bonds is 7. The lowest BCUT2D eigenvalue weighted by Gasteiger charge is -2.19. The van der Waals surface area contributed by atoms with Crippen LogP contribution in [0.15, 0.2) is 48.7 Å². The van der Waals surface area contributed by atoms with E-state index in [9.17, 15) is 4.79 Å². The van der Waals surface area contributed by atoms with Crippen LogP contribution in [0, 0.1) is 0 Å². The van der Waals surface area contributed by atoms with Crippen LogP contribution in [0.2, 0.25) is 0 Å². The molecule has 0 saturated carbocycles. The Bertz CT molecular complexity index is 751. The van der Waals surface area contributed by atoms with Crippen molar-refractivity contribution in [1.82, 2.24) is 20.5 Å². The highest BCUT2D eigenvalue weighted by Gasteiger charge is 2.09. The normalized spacial score (nSPS) is 17.2. The molecule has 2 aliphatic rings. The van der Waals surface area contributed by atoms with Crippen molar-refractivity contribution in [2.45, 2.75) is 64.2 Å². The molecular formula is C28H42N4O. The second kappa shape index (κ2) is 15.6. The molecule has 180 valence electrons. The van der Waals surface area contributed by atoms with Gasteiger partial charge >= 0.3 is 0 Å². The van der Waals surface area contributed by atoms with Crippen molar-refractivity contribution in [2.24, 2.45) is 0 Å². The first-order chi connectivity index (χ1) is 16.3. The Morgan fingerprint density at radius 3 is 2.21 bits per heavy atom. The molecule has 0 radical (unpaired) electrons. The number of nitrogens with zero attached hydrogens (tertiary/aromatic N) is 2. The number of amides is 1. The fourth-order valence-corrected chi connectivity index (χ4v) is 4.43. The van der Waals surface area contributed by atoms with Crippen molar-refractivity contribution < 1.29 is 4.79 Å². The Morgan fingerprint density at radius 2 is 1.55 bits per heavy atom. The lowest BCUT2D eigenvalue weighted by atomic mass is 10.1. The smallest absolute Gasteiger partial charge is 0.251 e. The first kappa shape index (κ1) is 25.4. The van der Waals surface area contributed by atoms with E-state index >= 15 is 0 Å². The van der Waals surface area contributed by atoms with E-state index in [0.29, 0.717) is 5.56 Å². The Balaban J connectivity index is 0.000000374. The van der Waals surface area contributed by atoms with E-state index in [0.717, 1.165) is 37.2 Å². The van der Waals surface area contributed by atoms with Gasteiger partial charge in [-0.25, -0.2) is 0 Å². The minimum atomic E-state index is 0.00680. The number of likely N-dealkylation sites (tertiary alicyclic amines) is 1. The van der Waals surface area contributed by atoms with Crippen molar-refractivity contribution in [1.29, 1.82) is 0 Å². The molecule has 0 spiro atoms. The number of carbonyl (C=O) groups excluding carboxylic acids is 1. The van der Waals surface area contributed by atoms with Gasteiger partial charge in [-0.15, -0.1) is 0 Å². The Labute approximate surface area is 200 Å². The molecule has 0 bridgehead atoms. The summed E-state index contributed by atoms with van der Waals surface area (Å²) in [5.41, 5.74) is 2.66. The van der Waals surface area contributed by atoms with Crippen LogP contribution >= 0.6 is 0 Å². The highest BCUT2D eigenvalue weighted by molar-refractivity contribution is 5.94. The predicted molar refractivity (Wildman–Crippen MR) is 137 cm³/mol. The van der Waals surface area contributed by atoms with Crippen LogP contribution in [0.1, 0.15) is 74.6 Å². The van der Waals surface area contributed by atoms with Crippen LogP contribution in [-0.2, 0) is 0 Å². The van der Waals surface area contributed by atoms with E-state index in [1.807, 2.05) is 42.5 Å². The van der Waals surface area contributed by atoms with E-state index in [1.54, 1.807) is 6.20 Å². The third-order valence-electron chi connectivity index (χ3n) is 6.45. The van der Waals surface area contributed by atoms with Gasteiger partial charge in [0.2, 0.25) is 0 Å². The zero-order valence-corrected chi connectivity index (χ0v) is 20.2. The maximum absolute atomic E-state index is 12.3. The van der Waals surface area contributed by atoms with Crippen LogP contribution in [0.5, 0.6) is 0 Å². The summed E-state index contributed by atoms with van der Waals surface area (Å²) in [4.78, 5) is 19.2. The van der Waals surface area contributed by atoms with Gasteiger partial charge in [-0.3, -0.25) is 9.78 Å². The van der Waals surface area contributed by atoms with E-state index in [2.05, 4.69) is 20.5 Å². The van der Waals surface area contributed by atoms with Crippen molar-refractivity contribution >= 4 is 5.91 Å². The molecule has 1 aromatic heterocycles. The maximum atomic E-state index is 12.3. The number of pyridine rings is 1. The zero-order valence-electron chi connectivity index (χ0n) is 20.2. The van der Waals surface area contributed by atoms with Gasteiger partial charge in [0.15, 0.2) is 0 Å². The van der Waals surface area contributed by atoms with Crippen LogP contribution in [0.3, 0.4) is 0 Å². The average Bonchev–Trinajstić information content (AvgIpc) is 3.33. The molecule has 5 heteroatoms. The standard InChI is InChI=1S/C22H29N3O.C6H13N/c26-22(24-15-5-8-18-25-16-6-1-2-7-17-25)20-12-10-19(11-13-20)21-9-3-4-14-23-21;1-2-4-6-7-5-3-1/h3-4,9-14H,1-2,5-8,15-18H2,(H,24,26);7H,1-6H2. The van der Waals surface area contributed by atoms with Gasteiger partial charge in [0.25, 0.3) is 5.91 Å². The van der Waals surface area contributed by atoms with Crippen molar-refractivity contribution in [3.05, 3.63) is 54.2 Å². The first-order valence-electron chi connectivity index (χ1n) is 13.1. The molecule has 2 saturated heterocycles. The number of carbonyl (C=O) groups is 1. The van der Waals surface area contributed by atoms with Gasteiger partial charge in [0.1, 0.15) is 0 Å². The van der Waals surface area contributed by atoms with E-state index < -0.39 is 0 Å². The Hall–Kier alpha value is -2.24. The summed E-state index contributed by atoms with van der Waals surface area (Å²) >= 11 is 0. The fourth-order valence-electron chi connectivity index (χ4n) is 4.43. The van der Waals surface area contributed by atoms with E-state index in [1.165, 1.54) is 77.5 Å². The minimum Gasteiger partial charge on any atom is -0.352 e. The molecule has 33 heavy (non-hydrogen) atoms. The van der Waals surface area contributed by atoms with Gasteiger partial charge < -0.3 is 15.5 Å². The highest BCUT2D eigenvalue weighted by atomic mass is 16.1. The van der Waals surface area contributed by atoms with Crippen molar-refractivity contribution in [3.8, 4) is 11.3 Å². The number of unbranched alkanes of at least 4 members (excludes halogenated alkanes) is 1. The number of benzene rings is 1.